The van der Waals surface area contributed by atoms with Gasteiger partial charge in [0.05, 0.1) is 6.54 Å². The van der Waals surface area contributed by atoms with Gasteiger partial charge in [0.1, 0.15) is 0 Å². The van der Waals surface area contributed by atoms with Gasteiger partial charge in [-0.2, -0.15) is 0 Å². The van der Waals surface area contributed by atoms with Crippen molar-refractivity contribution in [2.24, 2.45) is 0 Å². The number of nitrogens with one attached hydrogen (secondary N) is 2. The number of hydrogen-bond acceptors (Lipinski definition) is 3. The Balaban J connectivity index is 2.38. The van der Waals surface area contributed by atoms with Gasteiger partial charge in [-0.05, 0) is 50.1 Å². The molecule has 0 aliphatic carbocycles. The summed E-state index contributed by atoms with van der Waals surface area (Å²) in [4.78, 5) is 26.4. The highest BCUT2D eigenvalue weighted by Gasteiger charge is 2.14. The van der Waals surface area contributed by atoms with Crippen molar-refractivity contribution in [3.63, 3.8) is 0 Å². The number of hydrogen-bond donors (Lipinski definition) is 2. The number of carbonyl (C=O) groups is 2. The maximum absolute atomic E-state index is 12.6. The first-order valence-electron chi connectivity index (χ1n) is 10.5. The molecule has 1 aromatic rings. The van der Waals surface area contributed by atoms with E-state index in [1.54, 1.807) is 24.3 Å². The molecule has 0 saturated carbocycles. The summed E-state index contributed by atoms with van der Waals surface area (Å²) in [6.07, 6.45) is 8.02. The largest absolute Gasteiger partial charge is 0.339 e. The normalized spacial score (nSPS) is 10.6. The molecule has 27 heavy (non-hydrogen) atoms. The number of anilines is 1. The molecule has 5 heteroatoms. The number of benzene rings is 1. The van der Waals surface area contributed by atoms with Crippen molar-refractivity contribution >= 4 is 17.5 Å². The maximum Gasteiger partial charge on any atom is 0.253 e. The zero-order valence-corrected chi connectivity index (χ0v) is 17.4. The van der Waals surface area contributed by atoms with Crippen molar-refractivity contribution in [2.75, 3.05) is 31.5 Å². The highest BCUT2D eigenvalue weighted by Crippen LogP contribution is 2.12. The average molecular weight is 376 g/mol. The molecule has 1 rings (SSSR count). The van der Waals surface area contributed by atoms with Gasteiger partial charge in [0.2, 0.25) is 5.91 Å². The van der Waals surface area contributed by atoms with Crippen LogP contribution in [-0.2, 0) is 4.79 Å². The SMILES string of the molecule is CCCCCCCNCC(=O)Nc1ccc(C(=O)N(CCC)CCC)cc1. The second kappa shape index (κ2) is 14.2. The molecule has 0 saturated heterocycles. The summed E-state index contributed by atoms with van der Waals surface area (Å²) in [6.45, 7) is 9.09. The summed E-state index contributed by atoms with van der Waals surface area (Å²) >= 11 is 0. The third-order valence-electron chi connectivity index (χ3n) is 4.43. The van der Waals surface area contributed by atoms with Crippen molar-refractivity contribution in [2.45, 2.75) is 65.7 Å². The van der Waals surface area contributed by atoms with Gasteiger partial charge in [-0.1, -0.05) is 46.5 Å². The van der Waals surface area contributed by atoms with Crippen LogP contribution >= 0.6 is 0 Å². The molecule has 5 nitrogen and oxygen atoms in total. The quantitative estimate of drug-likeness (QED) is 0.472. The van der Waals surface area contributed by atoms with E-state index < -0.39 is 0 Å². The Labute approximate surface area is 164 Å². The van der Waals surface area contributed by atoms with Crippen LogP contribution in [0.5, 0.6) is 0 Å². The second-order valence-electron chi connectivity index (χ2n) is 7.01. The van der Waals surface area contributed by atoms with Crippen molar-refractivity contribution in [1.82, 2.24) is 10.2 Å². The molecule has 1 aromatic carbocycles. The van der Waals surface area contributed by atoms with Crippen LogP contribution in [0.4, 0.5) is 5.69 Å². The Bertz CT molecular complexity index is 537. The molecule has 0 atom stereocenters. The Morgan fingerprint density at radius 2 is 1.48 bits per heavy atom. The molecule has 0 fully saturated rings. The summed E-state index contributed by atoms with van der Waals surface area (Å²) in [5.74, 6) is 0.00236. The fraction of sp³-hybridized carbons (Fsp3) is 0.636. The highest BCUT2D eigenvalue weighted by molar-refractivity contribution is 5.96. The lowest BCUT2D eigenvalue weighted by Gasteiger charge is -2.21. The van der Waals surface area contributed by atoms with E-state index in [1.165, 1.54) is 25.7 Å². The van der Waals surface area contributed by atoms with E-state index in [0.717, 1.165) is 44.6 Å². The van der Waals surface area contributed by atoms with Crippen LogP contribution < -0.4 is 10.6 Å². The lowest BCUT2D eigenvalue weighted by molar-refractivity contribution is -0.115. The molecular formula is C22H37N3O2. The first kappa shape index (κ1) is 23.2. The fourth-order valence-corrected chi connectivity index (χ4v) is 2.99. The minimum absolute atomic E-state index is 0.0544. The minimum atomic E-state index is -0.0544. The number of amides is 2. The molecule has 0 spiro atoms. The molecule has 0 radical (unpaired) electrons. The smallest absolute Gasteiger partial charge is 0.253 e. The van der Waals surface area contributed by atoms with Gasteiger partial charge in [0.15, 0.2) is 0 Å². The molecule has 0 aliphatic rings. The van der Waals surface area contributed by atoms with E-state index >= 15 is 0 Å². The number of nitrogens with zero attached hydrogens (tertiary/aromatic N) is 1. The molecule has 152 valence electrons. The molecule has 0 heterocycles. The monoisotopic (exact) mass is 375 g/mol. The van der Waals surface area contributed by atoms with Crippen molar-refractivity contribution in [1.29, 1.82) is 0 Å². The average Bonchev–Trinajstić information content (AvgIpc) is 2.67. The van der Waals surface area contributed by atoms with Crippen molar-refractivity contribution in [3.8, 4) is 0 Å². The van der Waals surface area contributed by atoms with Crippen molar-refractivity contribution in [3.05, 3.63) is 29.8 Å². The van der Waals surface area contributed by atoms with E-state index in [1.807, 2.05) is 4.90 Å². The van der Waals surface area contributed by atoms with Gasteiger partial charge in [0, 0.05) is 24.3 Å². The molecule has 0 aliphatic heterocycles. The Morgan fingerprint density at radius 3 is 2.07 bits per heavy atom. The van der Waals surface area contributed by atoms with Crippen LogP contribution in [0.25, 0.3) is 0 Å². The van der Waals surface area contributed by atoms with Crippen LogP contribution in [0.3, 0.4) is 0 Å². The zero-order chi connectivity index (χ0) is 19.9. The highest BCUT2D eigenvalue weighted by atomic mass is 16.2. The Kier molecular flexibility index (Phi) is 12.2. The van der Waals surface area contributed by atoms with Gasteiger partial charge in [-0.25, -0.2) is 0 Å². The topological polar surface area (TPSA) is 61.4 Å². The molecule has 0 bridgehead atoms. The van der Waals surface area contributed by atoms with Gasteiger partial charge in [-0.3, -0.25) is 9.59 Å². The number of carbonyl (C=O) groups excluding carboxylic acids is 2. The van der Waals surface area contributed by atoms with E-state index in [-0.39, 0.29) is 11.8 Å². The molecule has 2 amide bonds. The van der Waals surface area contributed by atoms with Crippen molar-refractivity contribution < 1.29 is 9.59 Å². The predicted molar refractivity (Wildman–Crippen MR) is 113 cm³/mol. The van der Waals surface area contributed by atoms with Crippen LogP contribution in [-0.4, -0.2) is 42.9 Å². The summed E-state index contributed by atoms with van der Waals surface area (Å²) in [5.41, 5.74) is 1.39. The van der Waals surface area contributed by atoms with Crippen LogP contribution in [0.1, 0.15) is 76.1 Å². The molecule has 2 N–H and O–H groups in total. The van der Waals surface area contributed by atoms with E-state index in [0.29, 0.717) is 12.1 Å². The lowest BCUT2D eigenvalue weighted by atomic mass is 10.1. The lowest BCUT2D eigenvalue weighted by Crippen LogP contribution is -2.32. The third-order valence-corrected chi connectivity index (χ3v) is 4.43. The maximum atomic E-state index is 12.6. The molecular weight excluding hydrogens is 338 g/mol. The van der Waals surface area contributed by atoms with E-state index in [9.17, 15) is 9.59 Å². The van der Waals surface area contributed by atoms with Gasteiger partial charge < -0.3 is 15.5 Å². The predicted octanol–water partition coefficient (Wildman–Crippen LogP) is 4.45. The standard InChI is InChI=1S/C22H37N3O2/c1-4-7-8-9-10-15-23-18-21(26)24-20-13-11-19(12-14-20)22(27)25(16-5-2)17-6-3/h11-14,23H,4-10,15-18H2,1-3H3,(H,24,26). The van der Waals surface area contributed by atoms with Gasteiger partial charge in [-0.15, -0.1) is 0 Å². The minimum Gasteiger partial charge on any atom is -0.339 e. The fourth-order valence-electron chi connectivity index (χ4n) is 2.99. The van der Waals surface area contributed by atoms with Crippen LogP contribution in [0, 0.1) is 0 Å². The summed E-state index contributed by atoms with van der Waals surface area (Å²) in [6, 6.07) is 7.17. The van der Waals surface area contributed by atoms with Crippen LogP contribution in [0.2, 0.25) is 0 Å². The summed E-state index contributed by atoms with van der Waals surface area (Å²) in [7, 11) is 0. The Hall–Kier alpha value is -1.88. The molecule has 0 unspecified atom stereocenters. The zero-order valence-electron chi connectivity index (χ0n) is 17.4. The number of unbranched alkanes of at least 4 members (excludes halogenated alkanes) is 4. The first-order chi connectivity index (χ1) is 13.1. The summed E-state index contributed by atoms with van der Waals surface area (Å²) in [5, 5.41) is 6.05. The number of rotatable bonds is 14. The first-order valence-corrected chi connectivity index (χ1v) is 10.5. The second-order valence-corrected chi connectivity index (χ2v) is 7.01. The van der Waals surface area contributed by atoms with Gasteiger partial charge in [0.25, 0.3) is 5.91 Å². The molecule has 0 aromatic heterocycles. The summed E-state index contributed by atoms with van der Waals surface area (Å²) < 4.78 is 0. The Morgan fingerprint density at radius 1 is 0.852 bits per heavy atom. The van der Waals surface area contributed by atoms with E-state index in [2.05, 4.69) is 31.4 Å². The van der Waals surface area contributed by atoms with Gasteiger partial charge >= 0.3 is 0 Å². The third kappa shape index (κ3) is 9.57. The van der Waals surface area contributed by atoms with E-state index in [4.69, 9.17) is 0 Å². The van der Waals surface area contributed by atoms with Crippen LogP contribution in [0.15, 0.2) is 24.3 Å².